The molecule has 1 saturated carbocycles. The number of hydrogen-bond donors (Lipinski definition) is 1. The zero-order chi connectivity index (χ0) is 13.4. The minimum Gasteiger partial charge on any atom is -0.339 e. The predicted octanol–water partition coefficient (Wildman–Crippen LogP) is 2.30. The van der Waals surface area contributed by atoms with Crippen molar-refractivity contribution in [2.24, 2.45) is 0 Å². The van der Waals surface area contributed by atoms with Crippen LogP contribution in [0.2, 0.25) is 5.02 Å². The van der Waals surface area contributed by atoms with Crippen molar-refractivity contribution >= 4 is 17.5 Å². The standard InChI is InChI=1S/C14H20ClN3O/c1-16-11-3-2-6-17(9-11)14(19)13-7-10(15)8-18(13)12-4-5-12/h7-8,11-12,16H,2-6,9H2,1H3. The first-order valence-electron chi connectivity index (χ1n) is 7.03. The highest BCUT2D eigenvalue weighted by molar-refractivity contribution is 6.31. The molecule has 19 heavy (non-hydrogen) atoms. The summed E-state index contributed by atoms with van der Waals surface area (Å²) < 4.78 is 2.06. The maximum absolute atomic E-state index is 12.6. The van der Waals surface area contributed by atoms with Gasteiger partial charge in [0.05, 0.1) is 5.02 Å². The Balaban J connectivity index is 1.79. The maximum Gasteiger partial charge on any atom is 0.270 e. The number of hydrogen-bond acceptors (Lipinski definition) is 2. The van der Waals surface area contributed by atoms with E-state index in [1.807, 2.05) is 24.2 Å². The van der Waals surface area contributed by atoms with Crippen molar-refractivity contribution in [3.05, 3.63) is 23.0 Å². The summed E-state index contributed by atoms with van der Waals surface area (Å²) in [6, 6.07) is 2.71. The van der Waals surface area contributed by atoms with E-state index in [-0.39, 0.29) is 5.91 Å². The first-order chi connectivity index (χ1) is 9.19. The van der Waals surface area contributed by atoms with E-state index in [2.05, 4.69) is 9.88 Å². The van der Waals surface area contributed by atoms with Crippen molar-refractivity contribution < 1.29 is 4.79 Å². The molecule has 2 heterocycles. The molecule has 1 aromatic rings. The van der Waals surface area contributed by atoms with Crippen LogP contribution in [0.3, 0.4) is 0 Å². The third kappa shape index (κ3) is 2.65. The number of likely N-dealkylation sites (N-methyl/N-ethyl adjacent to an activating group) is 1. The van der Waals surface area contributed by atoms with Crippen molar-refractivity contribution in [3.63, 3.8) is 0 Å². The molecule has 1 saturated heterocycles. The van der Waals surface area contributed by atoms with Gasteiger partial charge in [-0.3, -0.25) is 4.79 Å². The van der Waals surface area contributed by atoms with Crippen molar-refractivity contribution in [2.45, 2.75) is 37.8 Å². The van der Waals surface area contributed by atoms with E-state index in [0.717, 1.165) is 44.5 Å². The maximum atomic E-state index is 12.6. The topological polar surface area (TPSA) is 37.3 Å². The molecule has 1 N–H and O–H groups in total. The second-order valence-corrected chi connectivity index (χ2v) is 6.00. The number of carbonyl (C=O) groups excluding carboxylic acids is 1. The molecule has 1 aliphatic carbocycles. The summed E-state index contributed by atoms with van der Waals surface area (Å²) in [6.45, 7) is 1.65. The lowest BCUT2D eigenvalue weighted by Crippen LogP contribution is -2.47. The minimum atomic E-state index is 0.124. The highest BCUT2D eigenvalue weighted by Gasteiger charge is 2.31. The number of amides is 1. The summed E-state index contributed by atoms with van der Waals surface area (Å²) in [5, 5.41) is 3.93. The molecule has 1 aromatic heterocycles. The van der Waals surface area contributed by atoms with E-state index < -0.39 is 0 Å². The highest BCUT2D eigenvalue weighted by atomic mass is 35.5. The number of rotatable bonds is 3. The Morgan fingerprint density at radius 3 is 2.89 bits per heavy atom. The fourth-order valence-electron chi connectivity index (χ4n) is 2.83. The van der Waals surface area contributed by atoms with Gasteiger partial charge in [0.25, 0.3) is 5.91 Å². The molecule has 1 atom stereocenters. The average molecular weight is 282 g/mol. The Labute approximate surface area is 118 Å². The number of likely N-dealkylation sites (tertiary alicyclic amines) is 1. The van der Waals surface area contributed by atoms with Crippen molar-refractivity contribution in [1.82, 2.24) is 14.8 Å². The summed E-state index contributed by atoms with van der Waals surface area (Å²) in [5.41, 5.74) is 0.754. The zero-order valence-electron chi connectivity index (χ0n) is 11.2. The van der Waals surface area contributed by atoms with Crippen molar-refractivity contribution in [3.8, 4) is 0 Å². The number of halogens is 1. The molecular weight excluding hydrogens is 262 g/mol. The third-order valence-corrected chi connectivity index (χ3v) is 4.30. The summed E-state index contributed by atoms with van der Waals surface area (Å²) >= 11 is 6.07. The molecule has 104 valence electrons. The second-order valence-electron chi connectivity index (χ2n) is 5.56. The lowest BCUT2D eigenvalue weighted by atomic mass is 10.1. The van der Waals surface area contributed by atoms with Crippen LogP contribution in [0.25, 0.3) is 0 Å². The van der Waals surface area contributed by atoms with Gasteiger partial charge < -0.3 is 14.8 Å². The van der Waals surface area contributed by atoms with Gasteiger partial charge in [0.2, 0.25) is 0 Å². The molecule has 2 aliphatic rings. The lowest BCUT2D eigenvalue weighted by molar-refractivity contribution is 0.0687. The molecule has 0 radical (unpaired) electrons. The predicted molar refractivity (Wildman–Crippen MR) is 75.7 cm³/mol. The van der Waals surface area contributed by atoms with Gasteiger partial charge in [-0.15, -0.1) is 0 Å². The van der Waals surface area contributed by atoms with Crippen LogP contribution in [0.5, 0.6) is 0 Å². The quantitative estimate of drug-likeness (QED) is 0.923. The molecule has 1 amide bonds. The van der Waals surface area contributed by atoms with Gasteiger partial charge in [-0.1, -0.05) is 11.6 Å². The number of nitrogens with zero attached hydrogens (tertiary/aromatic N) is 2. The van der Waals surface area contributed by atoms with E-state index in [1.54, 1.807) is 0 Å². The Morgan fingerprint density at radius 1 is 1.42 bits per heavy atom. The van der Waals surface area contributed by atoms with E-state index in [1.165, 1.54) is 0 Å². The summed E-state index contributed by atoms with van der Waals surface area (Å²) in [6.07, 6.45) is 6.42. The number of carbonyl (C=O) groups is 1. The van der Waals surface area contributed by atoms with Crippen LogP contribution in [0, 0.1) is 0 Å². The Bertz CT molecular complexity index is 481. The summed E-state index contributed by atoms with van der Waals surface area (Å²) in [7, 11) is 1.96. The molecule has 0 aromatic carbocycles. The van der Waals surface area contributed by atoms with Gasteiger partial charge >= 0.3 is 0 Å². The normalized spacial score (nSPS) is 23.7. The Hall–Kier alpha value is -1.00. The Kier molecular flexibility index (Phi) is 3.54. The minimum absolute atomic E-state index is 0.124. The molecule has 3 rings (SSSR count). The number of piperidine rings is 1. The molecule has 2 fully saturated rings. The Morgan fingerprint density at radius 2 is 2.21 bits per heavy atom. The van der Waals surface area contributed by atoms with E-state index in [4.69, 9.17) is 11.6 Å². The molecule has 0 bridgehead atoms. The van der Waals surface area contributed by atoms with Gasteiger partial charge in [0.15, 0.2) is 0 Å². The molecular formula is C14H20ClN3O. The largest absolute Gasteiger partial charge is 0.339 e. The van der Waals surface area contributed by atoms with Gasteiger partial charge in [-0.25, -0.2) is 0 Å². The summed E-state index contributed by atoms with van der Waals surface area (Å²) in [5.74, 6) is 0.124. The molecule has 0 spiro atoms. The first-order valence-corrected chi connectivity index (χ1v) is 7.40. The van der Waals surface area contributed by atoms with Gasteiger partial charge in [-0.05, 0) is 38.8 Å². The highest BCUT2D eigenvalue weighted by Crippen LogP contribution is 2.37. The van der Waals surface area contributed by atoms with Crippen LogP contribution in [0.1, 0.15) is 42.2 Å². The van der Waals surface area contributed by atoms with Crippen molar-refractivity contribution in [2.75, 3.05) is 20.1 Å². The second kappa shape index (κ2) is 5.17. The van der Waals surface area contributed by atoms with Gasteiger partial charge in [0.1, 0.15) is 5.69 Å². The molecule has 4 nitrogen and oxygen atoms in total. The SMILES string of the molecule is CNC1CCCN(C(=O)c2cc(Cl)cn2C2CC2)C1. The fraction of sp³-hybridized carbons (Fsp3) is 0.643. The zero-order valence-corrected chi connectivity index (χ0v) is 12.0. The van der Waals surface area contributed by atoms with E-state index >= 15 is 0 Å². The van der Waals surface area contributed by atoms with Gasteiger partial charge in [-0.2, -0.15) is 0 Å². The van der Waals surface area contributed by atoms with Crippen LogP contribution in [0.15, 0.2) is 12.3 Å². The third-order valence-electron chi connectivity index (χ3n) is 4.09. The van der Waals surface area contributed by atoms with Crippen LogP contribution >= 0.6 is 11.6 Å². The number of aromatic nitrogens is 1. The summed E-state index contributed by atoms with van der Waals surface area (Å²) in [4.78, 5) is 14.6. The first kappa shape index (κ1) is 13.0. The van der Waals surface area contributed by atoms with Crippen LogP contribution in [0.4, 0.5) is 0 Å². The van der Waals surface area contributed by atoms with Crippen LogP contribution in [-0.2, 0) is 0 Å². The van der Waals surface area contributed by atoms with Gasteiger partial charge in [0, 0.05) is 31.4 Å². The average Bonchev–Trinajstić information content (AvgIpc) is 3.21. The van der Waals surface area contributed by atoms with E-state index in [9.17, 15) is 4.79 Å². The van der Waals surface area contributed by atoms with Crippen LogP contribution < -0.4 is 5.32 Å². The molecule has 1 unspecified atom stereocenters. The molecule has 5 heteroatoms. The lowest BCUT2D eigenvalue weighted by Gasteiger charge is -2.32. The van der Waals surface area contributed by atoms with Crippen molar-refractivity contribution in [1.29, 1.82) is 0 Å². The smallest absolute Gasteiger partial charge is 0.270 e. The number of nitrogens with one attached hydrogen (secondary N) is 1. The van der Waals surface area contributed by atoms with E-state index in [0.29, 0.717) is 17.1 Å². The van der Waals surface area contributed by atoms with Crippen LogP contribution in [-0.4, -0.2) is 41.6 Å². The monoisotopic (exact) mass is 281 g/mol. The molecule has 1 aliphatic heterocycles. The fourth-order valence-corrected chi connectivity index (χ4v) is 3.04.